The zero-order valence-corrected chi connectivity index (χ0v) is 13.8. The van der Waals surface area contributed by atoms with Crippen molar-refractivity contribution in [3.05, 3.63) is 59.2 Å². The number of hydrogen-bond acceptors (Lipinski definition) is 4. The summed E-state index contributed by atoms with van der Waals surface area (Å²) in [6.45, 7) is 3.38. The van der Waals surface area contributed by atoms with Crippen molar-refractivity contribution in [1.82, 2.24) is 5.43 Å². The van der Waals surface area contributed by atoms with Crippen molar-refractivity contribution < 1.29 is 14.3 Å². The minimum Gasteiger partial charge on any atom is -0.496 e. The fourth-order valence-corrected chi connectivity index (χ4v) is 2.06. The molecule has 0 aromatic heterocycles. The lowest BCUT2D eigenvalue weighted by Gasteiger charge is -2.05. The number of hydrogen-bond donors (Lipinski definition) is 2. The highest BCUT2D eigenvalue weighted by molar-refractivity contribution is 5.96. The maximum absolute atomic E-state index is 12.0. The standard InChI is InChI=1S/C18H19N3O3/c1-12-4-5-14(10-17(12)24-3)11-19-21-18(23)15-6-8-16(9-7-15)20-13(2)22/h4-11H,1-3H3,(H,20,22)(H,21,23). The Morgan fingerprint density at radius 1 is 1.12 bits per heavy atom. The van der Waals surface area contributed by atoms with Crippen molar-refractivity contribution >= 4 is 23.7 Å². The summed E-state index contributed by atoms with van der Waals surface area (Å²) in [5, 5.41) is 6.58. The summed E-state index contributed by atoms with van der Waals surface area (Å²) in [7, 11) is 1.61. The molecule has 6 heteroatoms. The van der Waals surface area contributed by atoms with E-state index in [0.717, 1.165) is 16.9 Å². The molecule has 0 aliphatic rings. The van der Waals surface area contributed by atoms with Crippen LogP contribution in [0.3, 0.4) is 0 Å². The maximum atomic E-state index is 12.0. The summed E-state index contributed by atoms with van der Waals surface area (Å²) in [5.41, 5.74) is 5.39. The van der Waals surface area contributed by atoms with E-state index in [0.29, 0.717) is 11.3 Å². The van der Waals surface area contributed by atoms with Gasteiger partial charge in [0, 0.05) is 18.2 Å². The van der Waals surface area contributed by atoms with E-state index in [1.165, 1.54) is 6.92 Å². The number of aryl methyl sites for hydroxylation is 1. The molecule has 0 aliphatic carbocycles. The summed E-state index contributed by atoms with van der Waals surface area (Å²) in [6.07, 6.45) is 1.55. The Hall–Kier alpha value is -3.15. The molecule has 0 unspecified atom stereocenters. The van der Waals surface area contributed by atoms with Crippen LogP contribution in [0.1, 0.15) is 28.4 Å². The number of anilines is 1. The van der Waals surface area contributed by atoms with Crippen LogP contribution >= 0.6 is 0 Å². The number of rotatable bonds is 5. The van der Waals surface area contributed by atoms with Gasteiger partial charge in [-0.15, -0.1) is 0 Å². The largest absolute Gasteiger partial charge is 0.496 e. The van der Waals surface area contributed by atoms with Crippen LogP contribution in [0, 0.1) is 6.92 Å². The summed E-state index contributed by atoms with van der Waals surface area (Å²) in [6, 6.07) is 12.2. The number of methoxy groups -OCH3 is 1. The van der Waals surface area contributed by atoms with Crippen molar-refractivity contribution in [3.8, 4) is 5.75 Å². The van der Waals surface area contributed by atoms with E-state index in [1.54, 1.807) is 37.6 Å². The van der Waals surface area contributed by atoms with Crippen molar-refractivity contribution in [2.24, 2.45) is 5.10 Å². The topological polar surface area (TPSA) is 79.8 Å². The Morgan fingerprint density at radius 3 is 2.46 bits per heavy atom. The number of carbonyl (C=O) groups is 2. The molecule has 2 N–H and O–H groups in total. The molecule has 0 bridgehead atoms. The van der Waals surface area contributed by atoms with Gasteiger partial charge in [0.25, 0.3) is 5.91 Å². The molecule has 2 aromatic rings. The molecule has 6 nitrogen and oxygen atoms in total. The quantitative estimate of drug-likeness (QED) is 0.655. The summed E-state index contributed by atoms with van der Waals surface area (Å²) >= 11 is 0. The second kappa shape index (κ2) is 7.92. The molecule has 2 amide bonds. The first-order valence-corrected chi connectivity index (χ1v) is 7.35. The number of carbonyl (C=O) groups excluding carboxylic acids is 2. The molecule has 2 aromatic carbocycles. The third kappa shape index (κ3) is 4.67. The van der Waals surface area contributed by atoms with Gasteiger partial charge in [-0.05, 0) is 48.4 Å². The van der Waals surface area contributed by atoms with Gasteiger partial charge in [0.15, 0.2) is 0 Å². The average Bonchev–Trinajstić information content (AvgIpc) is 2.56. The van der Waals surface area contributed by atoms with Crippen LogP contribution in [0.5, 0.6) is 5.75 Å². The minimum atomic E-state index is -0.334. The summed E-state index contributed by atoms with van der Waals surface area (Å²) < 4.78 is 5.24. The van der Waals surface area contributed by atoms with Gasteiger partial charge < -0.3 is 10.1 Å². The van der Waals surface area contributed by atoms with Gasteiger partial charge in [-0.1, -0.05) is 12.1 Å². The highest BCUT2D eigenvalue weighted by Gasteiger charge is 2.04. The number of ether oxygens (including phenoxy) is 1. The Morgan fingerprint density at radius 2 is 1.83 bits per heavy atom. The molecule has 0 atom stereocenters. The number of hydrazone groups is 1. The SMILES string of the molecule is COc1cc(C=NNC(=O)c2ccc(NC(C)=O)cc2)ccc1C. The monoisotopic (exact) mass is 325 g/mol. The van der Waals surface area contributed by atoms with E-state index in [1.807, 2.05) is 25.1 Å². The first kappa shape index (κ1) is 17.2. The fraction of sp³-hybridized carbons (Fsp3) is 0.167. The molecular weight excluding hydrogens is 306 g/mol. The zero-order chi connectivity index (χ0) is 17.5. The number of nitrogens with zero attached hydrogens (tertiary/aromatic N) is 1. The molecule has 0 saturated heterocycles. The number of nitrogens with one attached hydrogen (secondary N) is 2. The van der Waals surface area contributed by atoms with Crippen molar-refractivity contribution in [3.63, 3.8) is 0 Å². The first-order valence-electron chi connectivity index (χ1n) is 7.35. The van der Waals surface area contributed by atoms with E-state index >= 15 is 0 Å². The van der Waals surface area contributed by atoms with Gasteiger partial charge in [-0.3, -0.25) is 9.59 Å². The lowest BCUT2D eigenvalue weighted by molar-refractivity contribution is -0.114. The van der Waals surface area contributed by atoms with Crippen LogP contribution in [-0.2, 0) is 4.79 Å². The van der Waals surface area contributed by atoms with Crippen LogP contribution in [0.2, 0.25) is 0 Å². The predicted molar refractivity (Wildman–Crippen MR) is 93.5 cm³/mol. The van der Waals surface area contributed by atoms with Gasteiger partial charge in [0.05, 0.1) is 13.3 Å². The summed E-state index contributed by atoms with van der Waals surface area (Å²) in [5.74, 6) is 0.267. The molecule has 0 heterocycles. The smallest absolute Gasteiger partial charge is 0.271 e. The third-order valence-corrected chi connectivity index (χ3v) is 3.28. The average molecular weight is 325 g/mol. The molecule has 124 valence electrons. The third-order valence-electron chi connectivity index (χ3n) is 3.28. The Labute approximate surface area is 140 Å². The molecule has 0 fully saturated rings. The highest BCUT2D eigenvalue weighted by Crippen LogP contribution is 2.17. The van der Waals surface area contributed by atoms with Gasteiger partial charge in [0.2, 0.25) is 5.91 Å². The lowest BCUT2D eigenvalue weighted by atomic mass is 10.1. The van der Waals surface area contributed by atoms with E-state index in [9.17, 15) is 9.59 Å². The van der Waals surface area contributed by atoms with E-state index in [-0.39, 0.29) is 11.8 Å². The van der Waals surface area contributed by atoms with Crippen LogP contribution in [0.25, 0.3) is 0 Å². The molecule has 0 radical (unpaired) electrons. The normalized spacial score (nSPS) is 10.5. The first-order chi connectivity index (χ1) is 11.5. The number of benzene rings is 2. The lowest BCUT2D eigenvalue weighted by Crippen LogP contribution is -2.17. The van der Waals surface area contributed by atoms with Gasteiger partial charge in [0.1, 0.15) is 5.75 Å². The predicted octanol–water partition coefficient (Wildman–Crippen LogP) is 2.73. The van der Waals surface area contributed by atoms with Crippen molar-refractivity contribution in [2.45, 2.75) is 13.8 Å². The van der Waals surface area contributed by atoms with Gasteiger partial charge in [-0.2, -0.15) is 5.10 Å². The Kier molecular flexibility index (Phi) is 5.68. The number of amides is 2. The van der Waals surface area contributed by atoms with Crippen LogP contribution in [0.15, 0.2) is 47.6 Å². The van der Waals surface area contributed by atoms with E-state index in [4.69, 9.17) is 4.74 Å². The zero-order valence-electron chi connectivity index (χ0n) is 13.8. The fourth-order valence-electron chi connectivity index (χ4n) is 2.06. The highest BCUT2D eigenvalue weighted by atomic mass is 16.5. The van der Waals surface area contributed by atoms with E-state index < -0.39 is 0 Å². The van der Waals surface area contributed by atoms with E-state index in [2.05, 4.69) is 15.8 Å². The van der Waals surface area contributed by atoms with Gasteiger partial charge >= 0.3 is 0 Å². The Bertz CT molecular complexity index is 768. The second-order valence-corrected chi connectivity index (χ2v) is 5.19. The molecule has 24 heavy (non-hydrogen) atoms. The molecule has 0 spiro atoms. The van der Waals surface area contributed by atoms with Crippen LogP contribution in [-0.4, -0.2) is 25.1 Å². The summed E-state index contributed by atoms with van der Waals surface area (Å²) in [4.78, 5) is 23.0. The van der Waals surface area contributed by atoms with Gasteiger partial charge in [-0.25, -0.2) is 5.43 Å². The molecular formula is C18H19N3O3. The van der Waals surface area contributed by atoms with Crippen molar-refractivity contribution in [2.75, 3.05) is 12.4 Å². The maximum Gasteiger partial charge on any atom is 0.271 e. The molecule has 0 aliphatic heterocycles. The second-order valence-electron chi connectivity index (χ2n) is 5.19. The van der Waals surface area contributed by atoms with Crippen LogP contribution in [0.4, 0.5) is 5.69 Å². The van der Waals surface area contributed by atoms with Crippen LogP contribution < -0.4 is 15.5 Å². The van der Waals surface area contributed by atoms with Crippen molar-refractivity contribution in [1.29, 1.82) is 0 Å². The molecule has 2 rings (SSSR count). The molecule has 0 saturated carbocycles. The Balaban J connectivity index is 1.98. The minimum absolute atomic E-state index is 0.162.